The standard InChI is InChI=1S/C16H16ClN5O/c17-13-3-1-11(2-4-13)14-8-21(7-12(14)9-23)16-6-18-5-15-20-19-10-22(15)16/h1-6,10,12,14,23H,7-9H2/t12-,14-/m0/s1. The topological polar surface area (TPSA) is 66.5 Å². The smallest absolute Gasteiger partial charge is 0.180 e. The van der Waals surface area contributed by atoms with E-state index in [2.05, 4.69) is 20.1 Å². The van der Waals surface area contributed by atoms with Crippen molar-refractivity contribution in [2.75, 3.05) is 24.6 Å². The molecule has 1 aromatic carbocycles. The number of nitrogens with zero attached hydrogens (tertiary/aromatic N) is 5. The lowest BCUT2D eigenvalue weighted by molar-refractivity contribution is 0.227. The summed E-state index contributed by atoms with van der Waals surface area (Å²) in [6.45, 7) is 1.73. The van der Waals surface area contributed by atoms with E-state index < -0.39 is 0 Å². The van der Waals surface area contributed by atoms with Crippen LogP contribution in [0, 0.1) is 5.92 Å². The molecule has 0 spiro atoms. The average Bonchev–Trinajstić information content (AvgIpc) is 3.22. The Hall–Kier alpha value is -2.18. The number of aliphatic hydroxyl groups excluding tert-OH is 1. The van der Waals surface area contributed by atoms with Crippen molar-refractivity contribution >= 4 is 23.1 Å². The predicted octanol–water partition coefficient (Wildman–Crippen LogP) is 1.99. The number of halogens is 1. The summed E-state index contributed by atoms with van der Waals surface area (Å²) in [4.78, 5) is 6.47. The first-order valence-electron chi connectivity index (χ1n) is 7.51. The molecule has 0 bridgehead atoms. The lowest BCUT2D eigenvalue weighted by Gasteiger charge is -2.19. The first-order valence-corrected chi connectivity index (χ1v) is 7.89. The van der Waals surface area contributed by atoms with Crippen LogP contribution in [0.5, 0.6) is 0 Å². The normalized spacial score (nSPS) is 21.2. The molecule has 7 heteroatoms. The van der Waals surface area contributed by atoms with E-state index in [4.69, 9.17) is 11.6 Å². The van der Waals surface area contributed by atoms with Crippen molar-refractivity contribution in [2.24, 2.45) is 5.92 Å². The van der Waals surface area contributed by atoms with Crippen LogP contribution in [-0.4, -0.2) is 44.4 Å². The molecule has 1 aliphatic rings. The quantitative estimate of drug-likeness (QED) is 0.796. The molecule has 118 valence electrons. The maximum Gasteiger partial charge on any atom is 0.180 e. The minimum Gasteiger partial charge on any atom is -0.396 e. The van der Waals surface area contributed by atoms with Gasteiger partial charge >= 0.3 is 0 Å². The predicted molar refractivity (Wildman–Crippen MR) is 87.8 cm³/mol. The van der Waals surface area contributed by atoms with Gasteiger partial charge in [-0.15, -0.1) is 10.2 Å². The van der Waals surface area contributed by atoms with Crippen molar-refractivity contribution in [3.63, 3.8) is 0 Å². The Labute approximate surface area is 138 Å². The van der Waals surface area contributed by atoms with E-state index in [0.717, 1.165) is 29.6 Å². The Morgan fingerprint density at radius 3 is 2.78 bits per heavy atom. The van der Waals surface area contributed by atoms with Gasteiger partial charge in [-0.3, -0.25) is 9.38 Å². The third-order valence-corrected chi connectivity index (χ3v) is 4.75. The summed E-state index contributed by atoms with van der Waals surface area (Å²) in [6.07, 6.45) is 5.19. The second kappa shape index (κ2) is 5.79. The van der Waals surface area contributed by atoms with Crippen LogP contribution in [0.1, 0.15) is 11.5 Å². The first-order chi connectivity index (χ1) is 11.3. The Kier molecular flexibility index (Phi) is 3.63. The maximum atomic E-state index is 9.79. The van der Waals surface area contributed by atoms with Crippen LogP contribution in [0.15, 0.2) is 43.0 Å². The van der Waals surface area contributed by atoms with Crippen molar-refractivity contribution < 1.29 is 5.11 Å². The monoisotopic (exact) mass is 329 g/mol. The summed E-state index contributed by atoms with van der Waals surface area (Å²) in [5.41, 5.74) is 1.91. The van der Waals surface area contributed by atoms with Gasteiger partial charge in [0.05, 0.1) is 12.4 Å². The fourth-order valence-corrected chi connectivity index (χ4v) is 3.43. The van der Waals surface area contributed by atoms with Crippen LogP contribution in [0.25, 0.3) is 5.65 Å². The van der Waals surface area contributed by atoms with Crippen molar-refractivity contribution in [2.45, 2.75) is 5.92 Å². The third-order valence-electron chi connectivity index (χ3n) is 4.50. The largest absolute Gasteiger partial charge is 0.396 e. The number of hydrogen-bond acceptors (Lipinski definition) is 5. The summed E-state index contributed by atoms with van der Waals surface area (Å²) in [6, 6.07) is 7.87. The van der Waals surface area contributed by atoms with Crippen LogP contribution in [0.3, 0.4) is 0 Å². The highest BCUT2D eigenvalue weighted by molar-refractivity contribution is 6.30. The van der Waals surface area contributed by atoms with E-state index in [1.807, 2.05) is 34.9 Å². The summed E-state index contributed by atoms with van der Waals surface area (Å²) < 4.78 is 1.92. The molecule has 0 aliphatic carbocycles. The molecular formula is C16H16ClN5O. The molecule has 1 fully saturated rings. The molecule has 6 nitrogen and oxygen atoms in total. The maximum absolute atomic E-state index is 9.79. The molecule has 0 unspecified atom stereocenters. The van der Waals surface area contributed by atoms with Gasteiger partial charge in [-0.25, -0.2) is 0 Å². The van der Waals surface area contributed by atoms with Crippen molar-refractivity contribution in [1.29, 1.82) is 0 Å². The number of aliphatic hydroxyl groups is 1. The number of hydrogen-bond donors (Lipinski definition) is 1. The molecule has 3 aromatic rings. The number of fused-ring (bicyclic) bond motifs is 1. The van der Waals surface area contributed by atoms with Gasteiger partial charge in [-0.05, 0) is 17.7 Å². The fourth-order valence-electron chi connectivity index (χ4n) is 3.31. The molecule has 0 amide bonds. The van der Waals surface area contributed by atoms with Crippen LogP contribution in [-0.2, 0) is 0 Å². The Morgan fingerprint density at radius 1 is 1.17 bits per heavy atom. The summed E-state index contributed by atoms with van der Waals surface area (Å²) in [5, 5.41) is 18.5. The third kappa shape index (κ3) is 2.54. The van der Waals surface area contributed by atoms with Gasteiger partial charge in [0.2, 0.25) is 0 Å². The van der Waals surface area contributed by atoms with Gasteiger partial charge in [0.15, 0.2) is 5.65 Å². The number of benzene rings is 1. The lowest BCUT2D eigenvalue weighted by Crippen LogP contribution is -2.23. The molecule has 23 heavy (non-hydrogen) atoms. The Bertz CT molecular complexity index is 819. The summed E-state index contributed by atoms with van der Waals surface area (Å²) in [5.74, 6) is 1.37. The zero-order chi connectivity index (χ0) is 15.8. The first kappa shape index (κ1) is 14.4. The van der Waals surface area contributed by atoms with Gasteiger partial charge < -0.3 is 10.0 Å². The van der Waals surface area contributed by atoms with Crippen LogP contribution in [0.2, 0.25) is 5.02 Å². The van der Waals surface area contributed by atoms with E-state index in [9.17, 15) is 5.11 Å². The molecule has 1 N–H and O–H groups in total. The number of anilines is 1. The molecule has 3 heterocycles. The van der Waals surface area contributed by atoms with Gasteiger partial charge in [-0.1, -0.05) is 23.7 Å². The second-order valence-corrected chi connectivity index (χ2v) is 6.27. The molecule has 2 atom stereocenters. The average molecular weight is 330 g/mol. The van der Waals surface area contributed by atoms with Gasteiger partial charge in [0.25, 0.3) is 0 Å². The van der Waals surface area contributed by atoms with Gasteiger partial charge in [-0.2, -0.15) is 0 Å². The zero-order valence-corrected chi connectivity index (χ0v) is 13.1. The van der Waals surface area contributed by atoms with E-state index in [1.165, 1.54) is 5.56 Å². The highest BCUT2D eigenvalue weighted by atomic mass is 35.5. The number of rotatable bonds is 3. The minimum atomic E-state index is 0.148. The molecule has 4 rings (SSSR count). The van der Waals surface area contributed by atoms with E-state index in [1.54, 1.807) is 12.5 Å². The second-order valence-electron chi connectivity index (χ2n) is 5.83. The molecular weight excluding hydrogens is 314 g/mol. The SMILES string of the molecule is OC[C@@H]1CN(c2cncc3nncn23)C[C@H]1c1ccc(Cl)cc1. The summed E-state index contributed by atoms with van der Waals surface area (Å²) >= 11 is 5.98. The van der Waals surface area contributed by atoms with Crippen molar-refractivity contribution in [1.82, 2.24) is 19.6 Å². The minimum absolute atomic E-state index is 0.148. The van der Waals surface area contributed by atoms with E-state index in [0.29, 0.717) is 0 Å². The van der Waals surface area contributed by atoms with Gasteiger partial charge in [0, 0.05) is 36.6 Å². The Balaban J connectivity index is 1.67. The molecule has 0 saturated carbocycles. The van der Waals surface area contributed by atoms with Crippen molar-refractivity contribution in [3.8, 4) is 0 Å². The molecule has 0 radical (unpaired) electrons. The van der Waals surface area contributed by atoms with Crippen molar-refractivity contribution in [3.05, 3.63) is 53.6 Å². The Morgan fingerprint density at radius 2 is 2.00 bits per heavy atom. The molecule has 1 aliphatic heterocycles. The van der Waals surface area contributed by atoms with Gasteiger partial charge in [0.1, 0.15) is 12.1 Å². The fraction of sp³-hybridized carbons (Fsp3) is 0.312. The number of aromatic nitrogens is 4. The lowest BCUT2D eigenvalue weighted by atomic mass is 9.90. The summed E-state index contributed by atoms with van der Waals surface area (Å²) in [7, 11) is 0. The van der Waals surface area contributed by atoms with Crippen LogP contribution < -0.4 is 4.90 Å². The van der Waals surface area contributed by atoms with Crippen LogP contribution in [0.4, 0.5) is 5.82 Å². The molecule has 1 saturated heterocycles. The van der Waals surface area contributed by atoms with E-state index >= 15 is 0 Å². The highest BCUT2D eigenvalue weighted by Crippen LogP contribution is 2.35. The van der Waals surface area contributed by atoms with E-state index in [-0.39, 0.29) is 18.4 Å². The molecule has 2 aromatic heterocycles. The highest BCUT2D eigenvalue weighted by Gasteiger charge is 2.34. The zero-order valence-electron chi connectivity index (χ0n) is 12.4. The van der Waals surface area contributed by atoms with Crippen LogP contribution >= 0.6 is 11.6 Å².